The van der Waals surface area contributed by atoms with E-state index in [2.05, 4.69) is 0 Å². The molecule has 0 saturated heterocycles. The quantitative estimate of drug-likeness (QED) is 0.523. The summed E-state index contributed by atoms with van der Waals surface area (Å²) in [5, 5.41) is 17.7. The Kier molecular flexibility index (Phi) is 10.3. The van der Waals surface area contributed by atoms with Crippen molar-refractivity contribution >= 4 is 41.5 Å². The van der Waals surface area contributed by atoms with Crippen molar-refractivity contribution in [1.82, 2.24) is 0 Å². The van der Waals surface area contributed by atoms with Gasteiger partial charge in [0.05, 0.1) is 0 Å². The van der Waals surface area contributed by atoms with Crippen molar-refractivity contribution in [2.75, 3.05) is 0 Å². The van der Waals surface area contributed by atoms with Crippen LogP contribution >= 0.6 is 0 Å². The van der Waals surface area contributed by atoms with Gasteiger partial charge < -0.3 is 10.2 Å². The molecule has 0 aliphatic carbocycles. The van der Waals surface area contributed by atoms with Crippen molar-refractivity contribution in [1.29, 1.82) is 0 Å². The number of hydrogen-bond acceptors (Lipinski definition) is 2. The summed E-state index contributed by atoms with van der Waals surface area (Å²) in [4.78, 5) is 21.7. The first-order valence-electron chi connectivity index (χ1n) is 5.41. The van der Waals surface area contributed by atoms with Crippen molar-refractivity contribution in [3.05, 3.63) is 0 Å². The Morgan fingerprint density at radius 1 is 1.12 bits per heavy atom. The fourth-order valence-electron chi connectivity index (χ4n) is 2.04. The van der Waals surface area contributed by atoms with E-state index in [1.807, 2.05) is 13.8 Å². The van der Waals surface area contributed by atoms with E-state index in [1.165, 1.54) is 0 Å². The van der Waals surface area contributed by atoms with Gasteiger partial charge in [0, 0.05) is 0 Å². The average Bonchev–Trinajstić information content (AvgIpc) is 2.12. The summed E-state index contributed by atoms with van der Waals surface area (Å²) in [5.74, 6) is -3.88. The number of rotatable bonds is 7. The molecule has 0 radical (unpaired) electrons. The molecule has 2 unspecified atom stereocenters. The van der Waals surface area contributed by atoms with Gasteiger partial charge in [-0.05, 0) is 11.8 Å². The summed E-state index contributed by atoms with van der Waals surface area (Å²) >= 11 is 0. The molecule has 0 rings (SSSR count). The number of hydrogen-bond donors (Lipinski definition) is 2. The normalized spacial score (nSPS) is 14.0. The van der Waals surface area contributed by atoms with Crippen molar-refractivity contribution in [3.8, 4) is 0 Å². The Bertz CT molecular complexity index is 216. The molecule has 90 valence electrons. The van der Waals surface area contributed by atoms with Gasteiger partial charge in [-0.1, -0.05) is 40.0 Å². The van der Waals surface area contributed by atoms with Gasteiger partial charge >= 0.3 is 41.5 Å². The molecule has 16 heavy (non-hydrogen) atoms. The third kappa shape index (κ3) is 5.32. The Balaban J connectivity index is 0. The van der Waals surface area contributed by atoms with Crippen LogP contribution in [-0.4, -0.2) is 51.7 Å². The SMILES string of the molecule is CCCC(CC)C(C)C(C(=O)O)C(=O)O.[NaH]. The van der Waals surface area contributed by atoms with Crippen LogP contribution in [0.3, 0.4) is 0 Å². The molecule has 0 saturated carbocycles. The van der Waals surface area contributed by atoms with Crippen LogP contribution < -0.4 is 0 Å². The van der Waals surface area contributed by atoms with Crippen molar-refractivity contribution in [3.63, 3.8) is 0 Å². The molecule has 0 heterocycles. The molecule has 0 fully saturated rings. The Morgan fingerprint density at radius 3 is 1.81 bits per heavy atom. The van der Waals surface area contributed by atoms with Crippen LogP contribution in [0, 0.1) is 17.8 Å². The summed E-state index contributed by atoms with van der Waals surface area (Å²) in [6.07, 6.45) is 2.66. The number of carboxylic acids is 2. The third-order valence-corrected chi connectivity index (χ3v) is 2.99. The van der Waals surface area contributed by atoms with Crippen LogP contribution in [0.1, 0.15) is 40.0 Å². The zero-order valence-corrected chi connectivity index (χ0v) is 9.56. The predicted molar refractivity (Wildman–Crippen MR) is 63.8 cm³/mol. The summed E-state index contributed by atoms with van der Waals surface area (Å²) < 4.78 is 0. The van der Waals surface area contributed by atoms with Crippen LogP contribution in [0.25, 0.3) is 0 Å². The first-order chi connectivity index (χ1) is 6.95. The maximum atomic E-state index is 10.8. The molecule has 0 aliphatic heterocycles. The van der Waals surface area contributed by atoms with Gasteiger partial charge in [-0.25, -0.2) is 0 Å². The molecule has 2 atom stereocenters. The van der Waals surface area contributed by atoms with E-state index in [0.717, 1.165) is 19.3 Å². The third-order valence-electron chi connectivity index (χ3n) is 2.99. The zero-order chi connectivity index (χ0) is 12.0. The molecule has 2 N–H and O–H groups in total. The zero-order valence-electron chi connectivity index (χ0n) is 9.56. The Hall–Kier alpha value is -0.0600. The second kappa shape index (κ2) is 9.02. The van der Waals surface area contributed by atoms with E-state index in [9.17, 15) is 9.59 Å². The molecule has 0 aromatic heterocycles. The number of carboxylic acid groups (broad SMARTS) is 2. The first kappa shape index (κ1) is 18.3. The number of aliphatic carboxylic acids is 2. The number of carbonyl (C=O) groups is 2. The standard InChI is InChI=1S/C11H20O4.Na.H/c1-4-6-8(5-2)7(3)9(10(12)13)11(14)15;;/h7-9H,4-6H2,1-3H3,(H,12,13)(H,14,15);;. The molecule has 0 aromatic rings. The van der Waals surface area contributed by atoms with Crippen molar-refractivity contribution in [2.45, 2.75) is 40.0 Å². The van der Waals surface area contributed by atoms with Crippen molar-refractivity contribution in [2.24, 2.45) is 17.8 Å². The van der Waals surface area contributed by atoms with Gasteiger partial charge in [0.1, 0.15) is 0 Å². The molecule has 0 spiro atoms. The van der Waals surface area contributed by atoms with Crippen LogP contribution in [0.2, 0.25) is 0 Å². The minimum absolute atomic E-state index is 0. The monoisotopic (exact) mass is 240 g/mol. The molecule has 4 nitrogen and oxygen atoms in total. The van der Waals surface area contributed by atoms with E-state index in [-0.39, 0.29) is 41.4 Å². The van der Waals surface area contributed by atoms with Gasteiger partial charge in [0.25, 0.3) is 0 Å². The van der Waals surface area contributed by atoms with Crippen LogP contribution in [-0.2, 0) is 9.59 Å². The molecule has 0 amide bonds. The summed E-state index contributed by atoms with van der Waals surface area (Å²) in [5.41, 5.74) is 0. The molecule has 5 heteroatoms. The van der Waals surface area contributed by atoms with E-state index in [1.54, 1.807) is 6.92 Å². The summed E-state index contributed by atoms with van der Waals surface area (Å²) in [7, 11) is 0. The Labute approximate surface area is 119 Å². The summed E-state index contributed by atoms with van der Waals surface area (Å²) in [6, 6.07) is 0. The molecule has 0 aromatic carbocycles. The van der Waals surface area contributed by atoms with Gasteiger partial charge in [-0.3, -0.25) is 9.59 Å². The van der Waals surface area contributed by atoms with E-state index in [0.29, 0.717) is 0 Å². The Morgan fingerprint density at radius 2 is 1.56 bits per heavy atom. The molecular weight excluding hydrogens is 219 g/mol. The fourth-order valence-corrected chi connectivity index (χ4v) is 2.04. The summed E-state index contributed by atoms with van der Waals surface area (Å²) in [6.45, 7) is 5.71. The average molecular weight is 240 g/mol. The van der Waals surface area contributed by atoms with E-state index >= 15 is 0 Å². The van der Waals surface area contributed by atoms with E-state index in [4.69, 9.17) is 10.2 Å². The van der Waals surface area contributed by atoms with Crippen LogP contribution in [0.4, 0.5) is 0 Å². The maximum absolute atomic E-state index is 10.8. The minimum atomic E-state index is -1.28. The van der Waals surface area contributed by atoms with E-state index < -0.39 is 17.9 Å². The fraction of sp³-hybridized carbons (Fsp3) is 0.818. The predicted octanol–water partition coefficient (Wildman–Crippen LogP) is 1.59. The second-order valence-electron chi connectivity index (χ2n) is 3.97. The van der Waals surface area contributed by atoms with Gasteiger partial charge in [-0.15, -0.1) is 0 Å². The van der Waals surface area contributed by atoms with Crippen LogP contribution in [0.15, 0.2) is 0 Å². The molecular formula is C11H21NaO4. The molecule has 0 aliphatic rings. The van der Waals surface area contributed by atoms with Gasteiger partial charge in [0.2, 0.25) is 0 Å². The first-order valence-corrected chi connectivity index (χ1v) is 5.41. The van der Waals surface area contributed by atoms with Crippen LogP contribution in [0.5, 0.6) is 0 Å². The topological polar surface area (TPSA) is 74.6 Å². The second-order valence-corrected chi connectivity index (χ2v) is 3.97. The van der Waals surface area contributed by atoms with Crippen molar-refractivity contribution < 1.29 is 19.8 Å². The van der Waals surface area contributed by atoms with Gasteiger partial charge in [-0.2, -0.15) is 0 Å². The van der Waals surface area contributed by atoms with Gasteiger partial charge in [0.15, 0.2) is 5.92 Å². The molecule has 0 bridgehead atoms.